The molecule has 4 rings (SSSR count). The zero-order valence-electron chi connectivity index (χ0n) is 21.7. The van der Waals surface area contributed by atoms with Crippen molar-refractivity contribution in [3.05, 3.63) is 59.7 Å². The molecule has 35 heavy (non-hydrogen) atoms. The molecule has 2 aromatic carbocycles. The van der Waals surface area contributed by atoms with Crippen LogP contribution in [-0.2, 0) is 6.42 Å². The fourth-order valence-electron chi connectivity index (χ4n) is 5.08. The van der Waals surface area contributed by atoms with Crippen LogP contribution in [0.1, 0.15) is 63.5 Å². The molecule has 0 aliphatic heterocycles. The van der Waals surface area contributed by atoms with E-state index in [1.807, 2.05) is 0 Å². The highest BCUT2D eigenvalue weighted by Gasteiger charge is 2.23. The van der Waals surface area contributed by atoms with E-state index in [-0.39, 0.29) is 0 Å². The zero-order chi connectivity index (χ0) is 24.9. The minimum absolute atomic E-state index is 0.395. The molecule has 3 N–H and O–H groups in total. The van der Waals surface area contributed by atoms with Crippen molar-refractivity contribution in [2.45, 2.75) is 70.9 Å². The predicted octanol–water partition coefficient (Wildman–Crippen LogP) is 6.70. The van der Waals surface area contributed by atoms with Gasteiger partial charge in [0, 0.05) is 49.0 Å². The summed E-state index contributed by atoms with van der Waals surface area (Å²) in [5, 5.41) is 12.7. The molecule has 0 atom stereocenters. The number of anilines is 3. The maximum Gasteiger partial charge on any atom is 0.171 e. The number of para-hydroxylation sites is 2. The van der Waals surface area contributed by atoms with Gasteiger partial charge in [-0.25, -0.2) is 4.98 Å². The van der Waals surface area contributed by atoms with Crippen molar-refractivity contribution in [2.24, 2.45) is 0 Å². The van der Waals surface area contributed by atoms with Crippen LogP contribution in [0.3, 0.4) is 0 Å². The molecule has 3 aromatic rings. The van der Waals surface area contributed by atoms with Crippen LogP contribution in [0.15, 0.2) is 48.5 Å². The fourth-order valence-corrected chi connectivity index (χ4v) is 5.34. The first-order valence-corrected chi connectivity index (χ1v) is 13.3. The van der Waals surface area contributed by atoms with E-state index >= 15 is 0 Å². The van der Waals surface area contributed by atoms with Crippen molar-refractivity contribution in [3.8, 4) is 0 Å². The van der Waals surface area contributed by atoms with Crippen molar-refractivity contribution in [1.82, 2.24) is 10.3 Å². The Morgan fingerprint density at radius 1 is 1.03 bits per heavy atom. The molecular formula is C29H39N5S. The number of hydrogen-bond acceptors (Lipinski definition) is 4. The summed E-state index contributed by atoms with van der Waals surface area (Å²) in [5.41, 5.74) is 6.03. The van der Waals surface area contributed by atoms with Gasteiger partial charge in [-0.15, -0.1) is 0 Å². The highest BCUT2D eigenvalue weighted by atomic mass is 32.1. The van der Waals surface area contributed by atoms with Crippen LogP contribution in [0, 0.1) is 0 Å². The lowest BCUT2D eigenvalue weighted by molar-refractivity contribution is 0.388. The molecule has 1 aliphatic rings. The van der Waals surface area contributed by atoms with Crippen LogP contribution in [0.25, 0.3) is 10.9 Å². The van der Waals surface area contributed by atoms with Gasteiger partial charge in [-0.1, -0.05) is 57.2 Å². The third-order valence-electron chi connectivity index (χ3n) is 7.01. The first kappa shape index (κ1) is 25.2. The smallest absolute Gasteiger partial charge is 0.171 e. The van der Waals surface area contributed by atoms with Crippen molar-refractivity contribution in [3.63, 3.8) is 0 Å². The molecule has 1 saturated carbocycles. The SMILES string of the molecule is CCc1cccc(C(C)C)c1NC(=S)NC1CCC(Nc2cc(N(C)C)c3ccccc3n2)CC1. The number of fused-ring (bicyclic) bond motifs is 1. The molecule has 5 nitrogen and oxygen atoms in total. The van der Waals surface area contributed by atoms with Gasteiger partial charge in [0.05, 0.1) is 5.52 Å². The van der Waals surface area contributed by atoms with Crippen LogP contribution in [-0.4, -0.2) is 36.3 Å². The number of benzene rings is 2. The van der Waals surface area contributed by atoms with Gasteiger partial charge >= 0.3 is 0 Å². The van der Waals surface area contributed by atoms with Gasteiger partial charge in [0.25, 0.3) is 0 Å². The second-order valence-electron chi connectivity index (χ2n) is 10.1. The number of thiocarbonyl (C=S) groups is 1. The number of aromatic nitrogens is 1. The third kappa shape index (κ3) is 6.04. The van der Waals surface area contributed by atoms with Crippen molar-refractivity contribution >= 4 is 45.4 Å². The van der Waals surface area contributed by atoms with Gasteiger partial charge in [0.1, 0.15) is 5.82 Å². The van der Waals surface area contributed by atoms with Crippen LogP contribution in [0.2, 0.25) is 0 Å². The normalized spacial score (nSPS) is 17.9. The first-order valence-electron chi connectivity index (χ1n) is 12.9. The highest BCUT2D eigenvalue weighted by molar-refractivity contribution is 7.80. The summed E-state index contributed by atoms with van der Waals surface area (Å²) in [4.78, 5) is 7.04. The molecule has 6 heteroatoms. The Hall–Kier alpha value is -2.86. The quantitative estimate of drug-likeness (QED) is 0.321. The molecular weight excluding hydrogens is 450 g/mol. The number of pyridine rings is 1. The third-order valence-corrected chi connectivity index (χ3v) is 7.23. The summed E-state index contributed by atoms with van der Waals surface area (Å²) in [6.07, 6.45) is 5.34. The Labute approximate surface area is 215 Å². The van der Waals surface area contributed by atoms with E-state index in [9.17, 15) is 0 Å². The van der Waals surface area contributed by atoms with E-state index in [4.69, 9.17) is 17.2 Å². The molecule has 1 aliphatic carbocycles. The lowest BCUT2D eigenvalue weighted by Crippen LogP contribution is -2.42. The number of nitrogens with zero attached hydrogens (tertiary/aromatic N) is 2. The molecule has 186 valence electrons. The Morgan fingerprint density at radius 2 is 1.74 bits per heavy atom. The van der Waals surface area contributed by atoms with E-state index in [2.05, 4.69) is 104 Å². The molecule has 1 fully saturated rings. The standard InChI is InChI=1S/C29H39N5S/c1-6-20-10-9-12-23(19(2)3)28(20)33-29(35)31-22-16-14-21(15-17-22)30-27-18-26(34(4)5)24-11-7-8-13-25(24)32-27/h7-13,18-19,21-22H,6,14-17H2,1-5H3,(H,30,32)(H2,31,33,35). The molecule has 0 saturated heterocycles. The van der Waals surface area contributed by atoms with Crippen LogP contribution < -0.4 is 20.9 Å². The van der Waals surface area contributed by atoms with E-state index in [1.54, 1.807) is 0 Å². The number of aryl methyl sites for hydroxylation is 1. The number of rotatable bonds is 7. The van der Waals surface area contributed by atoms with Gasteiger partial charge in [-0.3, -0.25) is 0 Å². The van der Waals surface area contributed by atoms with Gasteiger partial charge in [0.2, 0.25) is 0 Å². The number of nitrogens with one attached hydrogen (secondary N) is 3. The monoisotopic (exact) mass is 489 g/mol. The molecule has 0 unspecified atom stereocenters. The van der Waals surface area contributed by atoms with E-state index in [0.717, 1.165) is 48.6 Å². The van der Waals surface area contributed by atoms with Crippen LogP contribution in [0.4, 0.5) is 17.2 Å². The average molecular weight is 490 g/mol. The Kier molecular flexibility index (Phi) is 8.11. The summed E-state index contributed by atoms with van der Waals surface area (Å²) in [6, 6.07) is 17.9. The molecule has 1 heterocycles. The van der Waals surface area contributed by atoms with Crippen molar-refractivity contribution < 1.29 is 0 Å². The minimum atomic E-state index is 0.395. The maximum atomic E-state index is 5.74. The molecule has 1 aromatic heterocycles. The van der Waals surface area contributed by atoms with E-state index < -0.39 is 0 Å². The lowest BCUT2D eigenvalue weighted by atomic mass is 9.91. The Morgan fingerprint density at radius 3 is 2.43 bits per heavy atom. The molecule has 0 amide bonds. The highest BCUT2D eigenvalue weighted by Crippen LogP contribution is 2.30. The topological polar surface area (TPSA) is 52.2 Å². The summed E-state index contributed by atoms with van der Waals surface area (Å²) in [6.45, 7) is 6.66. The Balaban J connectivity index is 1.35. The van der Waals surface area contributed by atoms with Crippen molar-refractivity contribution in [1.29, 1.82) is 0 Å². The van der Waals surface area contributed by atoms with E-state index in [1.165, 1.54) is 27.9 Å². The van der Waals surface area contributed by atoms with Gasteiger partial charge in [-0.2, -0.15) is 0 Å². The van der Waals surface area contributed by atoms with Gasteiger partial charge < -0.3 is 20.9 Å². The summed E-state index contributed by atoms with van der Waals surface area (Å²) < 4.78 is 0. The maximum absolute atomic E-state index is 5.74. The number of hydrogen-bond donors (Lipinski definition) is 3. The second kappa shape index (κ2) is 11.3. The summed E-state index contributed by atoms with van der Waals surface area (Å²) in [7, 11) is 4.17. The molecule has 0 spiro atoms. The Bertz CT molecular complexity index is 1160. The largest absolute Gasteiger partial charge is 0.377 e. The minimum Gasteiger partial charge on any atom is -0.377 e. The lowest BCUT2D eigenvalue weighted by Gasteiger charge is -2.31. The van der Waals surface area contributed by atoms with Crippen LogP contribution in [0.5, 0.6) is 0 Å². The van der Waals surface area contributed by atoms with Gasteiger partial charge in [0.15, 0.2) is 5.11 Å². The zero-order valence-corrected chi connectivity index (χ0v) is 22.5. The van der Waals surface area contributed by atoms with E-state index in [0.29, 0.717) is 18.0 Å². The molecule has 0 bridgehead atoms. The van der Waals surface area contributed by atoms with Crippen molar-refractivity contribution in [2.75, 3.05) is 29.6 Å². The average Bonchev–Trinajstić information content (AvgIpc) is 2.84. The summed E-state index contributed by atoms with van der Waals surface area (Å²) >= 11 is 5.74. The van der Waals surface area contributed by atoms with Crippen LogP contribution >= 0.6 is 12.2 Å². The molecule has 0 radical (unpaired) electrons. The fraction of sp³-hybridized carbons (Fsp3) is 0.448. The predicted molar refractivity (Wildman–Crippen MR) is 155 cm³/mol. The second-order valence-corrected chi connectivity index (χ2v) is 10.5. The van der Waals surface area contributed by atoms with Gasteiger partial charge in [-0.05, 0) is 67.4 Å². The first-order chi connectivity index (χ1) is 16.9. The summed E-state index contributed by atoms with van der Waals surface area (Å²) in [5.74, 6) is 1.41.